The van der Waals surface area contributed by atoms with Gasteiger partial charge in [0.1, 0.15) is 0 Å². The van der Waals surface area contributed by atoms with Crippen LogP contribution in [0.25, 0.3) is 0 Å². The van der Waals surface area contributed by atoms with E-state index in [1.54, 1.807) is 0 Å². The average Bonchev–Trinajstić information content (AvgIpc) is 0. The zero-order valence-electron chi connectivity index (χ0n) is 2.57. The molecule has 0 fully saturated rings. The maximum absolute atomic E-state index is 0. The van der Waals surface area contributed by atoms with Gasteiger partial charge in [0.05, 0.1) is 0 Å². The molecule has 0 bridgehead atoms. The third-order valence-corrected chi connectivity index (χ3v) is 0. The standard InChI is InChI=1S/As.H3N.H3P.Sr/h;2*1H3;. The second-order valence-electron chi connectivity index (χ2n) is 0. The average molecular weight is 214 g/mol. The number of hydrogen-bond donors (Lipinski definition) is 1. The van der Waals surface area contributed by atoms with E-state index in [0.717, 1.165) is 0 Å². The molecule has 4 heteroatoms. The van der Waals surface area contributed by atoms with Crippen LogP contribution in [0.3, 0.4) is 0 Å². The summed E-state index contributed by atoms with van der Waals surface area (Å²) in [6, 6.07) is 0. The Hall–Kier alpha value is 2.43. The van der Waals surface area contributed by atoms with Gasteiger partial charge in [0.25, 0.3) is 0 Å². The van der Waals surface area contributed by atoms with Crippen LogP contribution >= 0.6 is 9.90 Å². The molecule has 3 N–H and O–H groups in total. The van der Waals surface area contributed by atoms with Crippen molar-refractivity contribution in [1.29, 1.82) is 0 Å². The molecule has 0 saturated heterocycles. The van der Waals surface area contributed by atoms with Crippen LogP contribution in [0, 0.1) is 0 Å². The van der Waals surface area contributed by atoms with Gasteiger partial charge in [-0.05, 0) is 0 Å². The minimum atomic E-state index is 0. The molecule has 0 heterocycles. The van der Waals surface area contributed by atoms with E-state index >= 15 is 0 Å². The molecular weight excluding hydrogens is 208 g/mol. The van der Waals surface area contributed by atoms with Crippen molar-refractivity contribution in [2.75, 3.05) is 0 Å². The Morgan fingerprint density at radius 3 is 1.00 bits per heavy atom. The summed E-state index contributed by atoms with van der Waals surface area (Å²) in [6.45, 7) is 0. The molecule has 0 aliphatic heterocycles. The Kier molecular flexibility index (Phi) is 145. The van der Waals surface area contributed by atoms with Crippen molar-refractivity contribution in [3.63, 3.8) is 0 Å². The first kappa shape index (κ1) is 32.1. The third kappa shape index (κ3) is 8.83. The normalized spacial score (nSPS) is 0. The Bertz CT molecular complexity index is 8.00. The maximum atomic E-state index is 0. The molecule has 4 heavy (non-hydrogen) atoms. The van der Waals surface area contributed by atoms with Crippen LogP contribution in [-0.4, -0.2) is 63.4 Å². The van der Waals surface area contributed by atoms with Gasteiger partial charge in [-0.15, -0.1) is 0 Å². The van der Waals surface area contributed by atoms with Crippen molar-refractivity contribution in [3.8, 4) is 0 Å². The molecule has 0 aromatic rings. The first-order valence-electron chi connectivity index (χ1n) is 0. The van der Waals surface area contributed by atoms with Gasteiger partial charge in [-0.2, -0.15) is 9.90 Å². The van der Waals surface area contributed by atoms with Gasteiger partial charge >= 0.3 is 0 Å². The largest absolute Gasteiger partial charge is 0.344 e. The number of hydrogen-bond acceptors (Lipinski definition) is 1. The van der Waals surface area contributed by atoms with Gasteiger partial charge in [-0.1, -0.05) is 0 Å². The predicted octanol–water partition coefficient (Wildman–Crippen LogP) is -0.542. The summed E-state index contributed by atoms with van der Waals surface area (Å²) >= 11 is 0. The molecule has 23 valence electrons. The van der Waals surface area contributed by atoms with Gasteiger partial charge in [-0.3, -0.25) is 0 Å². The minimum absolute atomic E-state index is 0. The van der Waals surface area contributed by atoms with Crippen molar-refractivity contribution < 1.29 is 0 Å². The Morgan fingerprint density at radius 2 is 1.00 bits per heavy atom. The fourth-order valence-corrected chi connectivity index (χ4v) is 0. The molecule has 0 amide bonds. The van der Waals surface area contributed by atoms with Crippen LogP contribution in [-0.2, 0) is 0 Å². The van der Waals surface area contributed by atoms with E-state index in [1.807, 2.05) is 0 Å². The SMILES string of the molecule is N.P.[As].[Sr]. The second-order valence-corrected chi connectivity index (χ2v) is 0. The first-order valence-corrected chi connectivity index (χ1v) is 0. The second kappa shape index (κ2) is 18.1. The zero-order valence-corrected chi connectivity index (χ0v) is 9.34. The quantitative estimate of drug-likeness (QED) is 0.426. The van der Waals surface area contributed by atoms with Gasteiger partial charge in [0.2, 0.25) is 0 Å². The molecule has 0 aromatic carbocycles. The van der Waals surface area contributed by atoms with E-state index < -0.39 is 0 Å². The molecule has 0 saturated carbocycles. The van der Waals surface area contributed by atoms with Crippen molar-refractivity contribution >= 4 is 73.3 Å². The van der Waals surface area contributed by atoms with Crippen molar-refractivity contribution in [2.45, 2.75) is 0 Å². The maximum Gasteiger partial charge on any atom is 0 e. The van der Waals surface area contributed by atoms with Crippen LogP contribution < -0.4 is 6.15 Å². The topological polar surface area (TPSA) is 35.0 Å². The molecule has 1 atom stereocenters. The van der Waals surface area contributed by atoms with E-state index in [2.05, 4.69) is 0 Å². The molecule has 0 spiro atoms. The van der Waals surface area contributed by atoms with E-state index in [0.29, 0.717) is 0 Å². The summed E-state index contributed by atoms with van der Waals surface area (Å²) in [6.07, 6.45) is 0. The summed E-state index contributed by atoms with van der Waals surface area (Å²) in [5.41, 5.74) is 0. The van der Waals surface area contributed by atoms with Gasteiger partial charge in [-0.25, -0.2) is 0 Å². The van der Waals surface area contributed by atoms with Gasteiger partial charge < -0.3 is 6.15 Å². The van der Waals surface area contributed by atoms with Crippen LogP contribution in [0.1, 0.15) is 0 Å². The predicted molar refractivity (Wildman–Crippen MR) is 27.6 cm³/mol. The molecule has 0 rings (SSSR count). The fourth-order valence-electron chi connectivity index (χ4n) is 0. The molecule has 5 radical (unpaired) electrons. The van der Waals surface area contributed by atoms with Gasteiger partial charge in [0.15, 0.2) is 0 Å². The van der Waals surface area contributed by atoms with Crippen LogP contribution in [0.15, 0.2) is 0 Å². The van der Waals surface area contributed by atoms with E-state index in [4.69, 9.17) is 0 Å². The zero-order chi connectivity index (χ0) is 0. The smallest absolute Gasteiger partial charge is 0 e. The van der Waals surface area contributed by atoms with Crippen molar-refractivity contribution in [1.82, 2.24) is 6.15 Å². The fraction of sp³-hybridized carbons (Fsp3) is 0. The van der Waals surface area contributed by atoms with Gasteiger partial charge in [0, 0.05) is 63.4 Å². The molecule has 0 aliphatic carbocycles. The Morgan fingerprint density at radius 1 is 1.00 bits per heavy atom. The van der Waals surface area contributed by atoms with E-state index in [-0.39, 0.29) is 79.5 Å². The monoisotopic (exact) mass is 214 g/mol. The molecule has 0 aliphatic rings. The Labute approximate surface area is 78.1 Å². The molecule has 1 nitrogen and oxygen atoms in total. The molecular formula is H6AsNPSr. The summed E-state index contributed by atoms with van der Waals surface area (Å²) in [4.78, 5) is 0. The third-order valence-electron chi connectivity index (χ3n) is 0. The first-order chi connectivity index (χ1) is 0. The van der Waals surface area contributed by atoms with E-state index in [9.17, 15) is 0 Å². The minimum Gasteiger partial charge on any atom is -0.344 e. The Balaban J connectivity index is 0. The van der Waals surface area contributed by atoms with Crippen molar-refractivity contribution in [2.24, 2.45) is 0 Å². The summed E-state index contributed by atoms with van der Waals surface area (Å²) in [5.74, 6) is 0. The summed E-state index contributed by atoms with van der Waals surface area (Å²) < 4.78 is 0. The molecule has 0 aromatic heterocycles. The summed E-state index contributed by atoms with van der Waals surface area (Å²) in [7, 11) is 0. The van der Waals surface area contributed by atoms with Crippen LogP contribution in [0.2, 0.25) is 0 Å². The molecule has 1 unspecified atom stereocenters. The van der Waals surface area contributed by atoms with Crippen molar-refractivity contribution in [3.05, 3.63) is 0 Å². The van der Waals surface area contributed by atoms with E-state index in [1.165, 1.54) is 0 Å². The number of rotatable bonds is 0. The summed E-state index contributed by atoms with van der Waals surface area (Å²) in [5, 5.41) is 0. The van der Waals surface area contributed by atoms with Crippen LogP contribution in [0.4, 0.5) is 0 Å². The van der Waals surface area contributed by atoms with Crippen LogP contribution in [0.5, 0.6) is 0 Å².